The van der Waals surface area contributed by atoms with E-state index in [0.29, 0.717) is 36.9 Å². The topological polar surface area (TPSA) is 69.9 Å². The predicted molar refractivity (Wildman–Crippen MR) is 174 cm³/mol. The van der Waals surface area contributed by atoms with Crippen LogP contribution in [0, 0.1) is 15.9 Å². The lowest BCUT2D eigenvalue weighted by molar-refractivity contribution is -0.138. The fraction of sp³-hybridized carbons (Fsp3) is 0.129. The van der Waals surface area contributed by atoms with Gasteiger partial charge in [0.25, 0.3) is 5.56 Å². The molecule has 4 aromatic rings. The molecule has 206 valence electrons. The summed E-state index contributed by atoms with van der Waals surface area (Å²) in [6.45, 7) is 2.00. The van der Waals surface area contributed by atoms with Crippen molar-refractivity contribution in [3.8, 4) is 18.1 Å². The number of halogens is 3. The number of fused-ring (bicyclic) bond motifs is 1. The summed E-state index contributed by atoms with van der Waals surface area (Å²) >= 11 is 13.1. The molecule has 10 heteroatoms. The first-order valence-electron chi connectivity index (χ1n) is 12.4. The normalized spacial score (nSPS) is 14.7. The lowest BCUT2D eigenvalue weighted by atomic mass is 9.93. The van der Waals surface area contributed by atoms with Crippen molar-refractivity contribution >= 4 is 79.2 Å². The summed E-state index contributed by atoms with van der Waals surface area (Å²) in [5.74, 6) is 2.51. The molecule has 0 aliphatic carbocycles. The van der Waals surface area contributed by atoms with Crippen molar-refractivity contribution in [2.75, 3.05) is 13.2 Å². The maximum absolute atomic E-state index is 14.1. The van der Waals surface area contributed by atoms with E-state index in [1.165, 1.54) is 11.3 Å². The molecule has 0 radical (unpaired) electrons. The summed E-state index contributed by atoms with van der Waals surface area (Å²) in [4.78, 5) is 33.0. The molecule has 2 heterocycles. The number of aromatic nitrogens is 1. The number of esters is 1. The Kier molecular flexibility index (Phi) is 9.14. The molecule has 41 heavy (non-hydrogen) atoms. The fourth-order valence-corrected chi connectivity index (χ4v) is 7.32. The molecule has 0 bridgehead atoms. The van der Waals surface area contributed by atoms with Crippen LogP contribution in [0.5, 0.6) is 5.75 Å². The van der Waals surface area contributed by atoms with Crippen LogP contribution in [-0.4, -0.2) is 23.8 Å². The average molecular weight is 760 g/mol. The van der Waals surface area contributed by atoms with Crippen LogP contribution in [0.4, 0.5) is 0 Å². The van der Waals surface area contributed by atoms with Gasteiger partial charge in [-0.05, 0) is 65.4 Å². The van der Waals surface area contributed by atoms with E-state index < -0.39 is 12.0 Å². The number of ether oxygens (including phenoxy) is 2. The van der Waals surface area contributed by atoms with Crippen molar-refractivity contribution in [3.05, 3.63) is 122 Å². The highest BCUT2D eigenvalue weighted by Gasteiger charge is 2.35. The monoisotopic (exact) mass is 758 g/mol. The van der Waals surface area contributed by atoms with Crippen LogP contribution in [0.25, 0.3) is 11.8 Å². The zero-order chi connectivity index (χ0) is 29.1. The minimum absolute atomic E-state index is 0.0830. The van der Waals surface area contributed by atoms with E-state index in [1.54, 1.807) is 41.8 Å². The molecule has 0 amide bonds. The number of rotatable bonds is 7. The van der Waals surface area contributed by atoms with Crippen LogP contribution in [-0.2, 0) is 9.53 Å². The Morgan fingerprint density at radius 3 is 2.63 bits per heavy atom. The maximum atomic E-state index is 14.1. The zero-order valence-electron chi connectivity index (χ0n) is 21.6. The number of hydrogen-bond donors (Lipinski definition) is 0. The van der Waals surface area contributed by atoms with Gasteiger partial charge in [0.1, 0.15) is 12.4 Å². The van der Waals surface area contributed by atoms with Gasteiger partial charge in [-0.2, -0.15) is 0 Å². The molecule has 0 N–H and O–H groups in total. The summed E-state index contributed by atoms with van der Waals surface area (Å²) < 4.78 is 15.0. The molecule has 1 atom stereocenters. The Morgan fingerprint density at radius 1 is 1.22 bits per heavy atom. The van der Waals surface area contributed by atoms with Gasteiger partial charge in [0, 0.05) is 20.6 Å². The van der Waals surface area contributed by atoms with Crippen LogP contribution < -0.4 is 19.6 Å². The highest BCUT2D eigenvalue weighted by molar-refractivity contribution is 14.1. The van der Waals surface area contributed by atoms with E-state index in [4.69, 9.17) is 32.5 Å². The average Bonchev–Trinajstić information content (AvgIpc) is 3.27. The minimum atomic E-state index is -0.792. The number of benzene rings is 3. The van der Waals surface area contributed by atoms with Crippen LogP contribution in [0.2, 0.25) is 5.02 Å². The third-order valence-corrected chi connectivity index (χ3v) is 8.68. The van der Waals surface area contributed by atoms with E-state index in [1.807, 2.05) is 42.5 Å². The van der Waals surface area contributed by atoms with Crippen molar-refractivity contribution in [2.45, 2.75) is 13.0 Å². The predicted octanol–water partition coefficient (Wildman–Crippen LogP) is 5.97. The van der Waals surface area contributed by atoms with E-state index in [9.17, 15) is 9.59 Å². The Hall–Kier alpha value is -3.17. The molecule has 1 aliphatic rings. The third-order valence-electron chi connectivity index (χ3n) is 6.18. The number of hydrogen-bond acceptors (Lipinski definition) is 6. The number of nitrogens with zero attached hydrogens (tertiary/aromatic N) is 2. The van der Waals surface area contributed by atoms with E-state index in [-0.39, 0.29) is 24.3 Å². The molecule has 0 unspecified atom stereocenters. The molecule has 0 fully saturated rings. The van der Waals surface area contributed by atoms with Crippen molar-refractivity contribution < 1.29 is 14.3 Å². The zero-order valence-corrected chi connectivity index (χ0v) is 26.9. The number of carbonyl (C=O) groups excluding carboxylic acids is 1. The molecule has 0 spiro atoms. The molecule has 0 saturated carbocycles. The van der Waals surface area contributed by atoms with Crippen molar-refractivity contribution in [1.29, 1.82) is 0 Å². The molecule has 3 aromatic carbocycles. The van der Waals surface area contributed by atoms with Gasteiger partial charge in [0.05, 0.1) is 32.0 Å². The van der Waals surface area contributed by atoms with Gasteiger partial charge in [0.15, 0.2) is 4.80 Å². The van der Waals surface area contributed by atoms with Crippen LogP contribution in [0.3, 0.4) is 0 Å². The first kappa shape index (κ1) is 29.3. The first-order chi connectivity index (χ1) is 19.8. The third kappa shape index (κ3) is 6.06. The van der Waals surface area contributed by atoms with Gasteiger partial charge < -0.3 is 9.47 Å². The van der Waals surface area contributed by atoms with Crippen LogP contribution in [0.15, 0.2) is 86.6 Å². The van der Waals surface area contributed by atoms with Gasteiger partial charge in [-0.15, -0.1) is 6.42 Å². The smallest absolute Gasteiger partial charge is 0.338 e. The Balaban J connectivity index is 1.82. The molecular formula is C31H21BrClIN2O4S. The van der Waals surface area contributed by atoms with E-state index in [2.05, 4.69) is 44.4 Å². The summed E-state index contributed by atoms with van der Waals surface area (Å²) in [5, 5.41) is 0.537. The molecule has 0 saturated heterocycles. The summed E-state index contributed by atoms with van der Waals surface area (Å²) in [7, 11) is 0. The van der Waals surface area contributed by atoms with Crippen LogP contribution >= 0.6 is 61.5 Å². The second-order valence-corrected chi connectivity index (χ2v) is 12.3. The van der Waals surface area contributed by atoms with Gasteiger partial charge in [0.2, 0.25) is 0 Å². The standard InChI is InChI=1S/C31H21BrClIN2O4S/c1-3-14-40-28-20(15-21(32)17-23(28)34)16-24-29(37)36-27(19-10-12-22(33)13-11-19)25(30(38)39-4-2)26(35-31(36)41-24)18-8-6-5-7-9-18/h1,5-13,15-17,27H,4,14H2,2H3/b24-16-/t27-/m1/s1. The molecule has 5 rings (SSSR count). The first-order valence-corrected chi connectivity index (χ1v) is 15.5. The van der Waals surface area contributed by atoms with Gasteiger partial charge in [-0.1, -0.05) is 87.3 Å². The minimum Gasteiger partial charge on any atom is -0.479 e. The van der Waals surface area contributed by atoms with Crippen molar-refractivity contribution in [1.82, 2.24) is 4.57 Å². The molecule has 1 aromatic heterocycles. The van der Waals surface area contributed by atoms with Gasteiger partial charge in [-0.25, -0.2) is 9.79 Å². The van der Waals surface area contributed by atoms with Crippen molar-refractivity contribution in [3.63, 3.8) is 0 Å². The molecule has 1 aliphatic heterocycles. The van der Waals surface area contributed by atoms with Gasteiger partial charge in [-0.3, -0.25) is 9.36 Å². The second-order valence-electron chi connectivity index (χ2n) is 8.78. The van der Waals surface area contributed by atoms with Gasteiger partial charge >= 0.3 is 5.97 Å². The summed E-state index contributed by atoms with van der Waals surface area (Å²) in [5.41, 5.74) is 2.53. The van der Waals surface area contributed by atoms with E-state index >= 15 is 0 Å². The molecule has 6 nitrogen and oxygen atoms in total. The number of carbonyl (C=O) groups is 1. The highest BCUT2D eigenvalue weighted by Crippen LogP contribution is 2.36. The Morgan fingerprint density at radius 2 is 1.95 bits per heavy atom. The Bertz CT molecular complexity index is 1890. The fourth-order valence-electron chi connectivity index (χ4n) is 4.50. The van der Waals surface area contributed by atoms with Crippen molar-refractivity contribution in [2.24, 2.45) is 4.99 Å². The van der Waals surface area contributed by atoms with E-state index in [0.717, 1.165) is 13.6 Å². The number of thiazole rings is 1. The second kappa shape index (κ2) is 12.8. The lowest BCUT2D eigenvalue weighted by Crippen LogP contribution is -2.40. The lowest BCUT2D eigenvalue weighted by Gasteiger charge is -2.26. The highest BCUT2D eigenvalue weighted by atomic mass is 127. The molecular weight excluding hydrogens is 739 g/mol. The summed E-state index contributed by atoms with van der Waals surface area (Å²) in [6, 6.07) is 19.5. The SMILES string of the molecule is C#CCOc1c(I)cc(Br)cc1/C=c1\sc2n(c1=O)[C@H](c1ccc(Cl)cc1)C(C(=O)OCC)=C(c1ccccc1)N=2. The maximum Gasteiger partial charge on any atom is 0.338 e. The summed E-state index contributed by atoms with van der Waals surface area (Å²) in [6.07, 6.45) is 7.20. The Labute approximate surface area is 267 Å². The largest absolute Gasteiger partial charge is 0.479 e. The van der Waals surface area contributed by atoms with Crippen LogP contribution in [0.1, 0.15) is 29.7 Å². The quantitative estimate of drug-likeness (QED) is 0.133. The number of terminal acetylenes is 1.